The Labute approximate surface area is 189 Å². The van der Waals surface area contributed by atoms with E-state index in [2.05, 4.69) is 5.10 Å². The Morgan fingerprint density at radius 2 is 1.09 bits per heavy atom. The van der Waals surface area contributed by atoms with Gasteiger partial charge in [-0.15, -0.1) is 0 Å². The molecule has 0 unspecified atom stereocenters. The zero-order chi connectivity index (χ0) is 25.3. The number of nitro groups is 2. The number of carbonyl (C=O) groups excluding carboxylic acids is 1. The first-order chi connectivity index (χ1) is 15.6. The third kappa shape index (κ3) is 6.29. The highest BCUT2D eigenvalue weighted by Gasteiger charge is 2.22. The lowest BCUT2D eigenvalue weighted by Crippen LogP contribution is -2.05. The van der Waals surface area contributed by atoms with Gasteiger partial charge in [-0.3, -0.25) is 25.0 Å². The second-order valence-electron chi connectivity index (χ2n) is 6.23. The van der Waals surface area contributed by atoms with Crippen LogP contribution >= 0.6 is 0 Å². The average molecular weight is 464 g/mol. The maximum Gasteiger partial charge on any atom is 0.284 e. The summed E-state index contributed by atoms with van der Waals surface area (Å²) in [5.41, 5.74) is 0.231. The predicted octanol–water partition coefficient (Wildman–Crippen LogP) is 3.11. The van der Waals surface area contributed by atoms with E-state index in [0.717, 1.165) is 0 Å². The van der Waals surface area contributed by atoms with Crippen molar-refractivity contribution in [2.75, 3.05) is 28.4 Å². The molecule has 0 amide bonds. The minimum Gasteiger partial charge on any atom is -0.493 e. The molecule has 0 saturated heterocycles. The zero-order valence-electron chi connectivity index (χ0n) is 18.9. The molecule has 13 heteroatoms. The topological polar surface area (TPSA) is 179 Å². The van der Waals surface area contributed by atoms with Crippen LogP contribution < -0.4 is 24.8 Å². The number of nitrogens with zero attached hydrogens (tertiary/aromatic N) is 3. The fourth-order valence-electron chi connectivity index (χ4n) is 2.68. The molecule has 2 aromatic carbocycles. The molecule has 0 saturated carbocycles. The van der Waals surface area contributed by atoms with Crippen molar-refractivity contribution in [1.29, 1.82) is 0 Å². The van der Waals surface area contributed by atoms with Gasteiger partial charge in [0.2, 0.25) is 0 Å². The molecule has 0 bridgehead atoms. The van der Waals surface area contributed by atoms with Crippen LogP contribution in [0.1, 0.15) is 29.8 Å². The number of carbonyl (C=O) groups is 1. The van der Waals surface area contributed by atoms with Gasteiger partial charge >= 0.3 is 0 Å². The van der Waals surface area contributed by atoms with Crippen LogP contribution in [-0.2, 0) is 0 Å². The molecule has 0 spiro atoms. The first kappa shape index (κ1) is 26.6. The highest BCUT2D eigenvalue weighted by atomic mass is 16.6. The summed E-state index contributed by atoms with van der Waals surface area (Å²) in [6.45, 7) is 2.84. The van der Waals surface area contributed by atoms with Gasteiger partial charge in [-0.2, -0.15) is 5.10 Å². The van der Waals surface area contributed by atoms with E-state index in [1.807, 2.05) is 0 Å². The lowest BCUT2D eigenvalue weighted by atomic mass is 10.1. The fourth-order valence-corrected chi connectivity index (χ4v) is 2.68. The van der Waals surface area contributed by atoms with E-state index in [-0.39, 0.29) is 28.4 Å². The number of hydrogen-bond donors (Lipinski definition) is 1. The van der Waals surface area contributed by atoms with Crippen molar-refractivity contribution < 1.29 is 33.6 Å². The molecule has 0 radical (unpaired) electrons. The molecule has 2 aromatic rings. The maximum atomic E-state index is 11.2. The lowest BCUT2D eigenvalue weighted by molar-refractivity contribution is -0.385. The quantitative estimate of drug-likeness (QED) is 0.200. The molecule has 0 aliphatic heterocycles. The van der Waals surface area contributed by atoms with Gasteiger partial charge in [0, 0.05) is 6.07 Å². The molecular formula is C20H24N4O9. The fraction of sp³-hybridized carbons (Fsp3) is 0.300. The van der Waals surface area contributed by atoms with Crippen LogP contribution in [0, 0.1) is 20.2 Å². The van der Waals surface area contributed by atoms with Gasteiger partial charge in [0.05, 0.1) is 67.3 Å². The van der Waals surface area contributed by atoms with E-state index in [1.54, 1.807) is 6.92 Å². The first-order valence-electron chi connectivity index (χ1n) is 9.12. The summed E-state index contributed by atoms with van der Waals surface area (Å²) >= 11 is 0. The highest BCUT2D eigenvalue weighted by molar-refractivity contribution is 6.02. The van der Waals surface area contributed by atoms with Crippen LogP contribution in [0.4, 0.5) is 11.4 Å². The zero-order valence-corrected chi connectivity index (χ0v) is 18.9. The largest absolute Gasteiger partial charge is 0.493 e. The van der Waals surface area contributed by atoms with Crippen LogP contribution in [0.2, 0.25) is 0 Å². The Kier molecular flexibility index (Phi) is 9.54. The van der Waals surface area contributed by atoms with E-state index in [4.69, 9.17) is 24.8 Å². The van der Waals surface area contributed by atoms with E-state index in [9.17, 15) is 25.0 Å². The standard InChI is InChI=1S/C10H13N3O4.C10H11NO5/c1-6(12-11)7-4-9(16-2)10(17-3)5-8(7)13(14)15;1-6(12)7-4-9(15-2)10(16-3)5-8(7)11(13)14/h4-5H,11H2,1-3H3;4-5H,1-3H3/b12-6+;. The molecule has 13 nitrogen and oxygen atoms in total. The molecule has 0 aliphatic rings. The number of methoxy groups -OCH3 is 4. The van der Waals surface area contributed by atoms with Crippen molar-refractivity contribution in [3.8, 4) is 23.0 Å². The van der Waals surface area contributed by atoms with Crippen LogP contribution in [0.5, 0.6) is 23.0 Å². The summed E-state index contributed by atoms with van der Waals surface area (Å²) in [6.07, 6.45) is 0. The Hall–Kier alpha value is -4.42. The number of ketones is 1. The molecule has 0 aromatic heterocycles. The number of rotatable bonds is 8. The predicted molar refractivity (Wildman–Crippen MR) is 119 cm³/mol. The van der Waals surface area contributed by atoms with Crippen molar-refractivity contribution >= 4 is 22.9 Å². The second kappa shape index (κ2) is 11.8. The number of nitrogens with two attached hydrogens (primary N) is 1. The lowest BCUT2D eigenvalue weighted by Gasteiger charge is -2.09. The van der Waals surface area contributed by atoms with Crippen molar-refractivity contribution in [1.82, 2.24) is 0 Å². The number of hydrazone groups is 1. The van der Waals surface area contributed by atoms with Crippen molar-refractivity contribution in [2.45, 2.75) is 13.8 Å². The Bertz CT molecular complexity index is 1040. The molecule has 2 rings (SSSR count). The van der Waals surface area contributed by atoms with Crippen LogP contribution in [0.3, 0.4) is 0 Å². The summed E-state index contributed by atoms with van der Waals surface area (Å²) in [4.78, 5) is 31.8. The van der Waals surface area contributed by atoms with Crippen molar-refractivity contribution in [3.05, 3.63) is 55.6 Å². The summed E-state index contributed by atoms with van der Waals surface area (Å²) in [6, 6.07) is 5.24. The monoisotopic (exact) mass is 464 g/mol. The molecule has 0 fully saturated rings. The van der Waals surface area contributed by atoms with E-state index in [0.29, 0.717) is 22.8 Å². The summed E-state index contributed by atoms with van der Waals surface area (Å²) in [5.74, 6) is 5.91. The number of ether oxygens (including phenoxy) is 4. The minimum atomic E-state index is -0.626. The molecule has 2 N–H and O–H groups in total. The molecule has 0 heterocycles. The summed E-state index contributed by atoms with van der Waals surface area (Å²) < 4.78 is 19.9. The first-order valence-corrected chi connectivity index (χ1v) is 9.12. The van der Waals surface area contributed by atoms with Gasteiger partial charge in [-0.25, -0.2) is 0 Å². The SMILES string of the molecule is COc1cc(/C(C)=N/N)c([N+](=O)[O-])cc1OC.COc1cc(C(C)=O)c([N+](=O)[O-])cc1OC. The Morgan fingerprint density at radius 1 is 0.758 bits per heavy atom. The number of Topliss-reactive ketones (excluding diaryl/α,β-unsaturated/α-hetero) is 1. The van der Waals surface area contributed by atoms with Gasteiger partial charge in [0.1, 0.15) is 0 Å². The van der Waals surface area contributed by atoms with Crippen LogP contribution in [0.15, 0.2) is 29.4 Å². The Morgan fingerprint density at radius 3 is 1.39 bits per heavy atom. The van der Waals surface area contributed by atoms with Crippen LogP contribution in [0.25, 0.3) is 0 Å². The molecule has 33 heavy (non-hydrogen) atoms. The summed E-state index contributed by atoms with van der Waals surface area (Å²) in [5, 5.41) is 25.1. The number of hydrogen-bond acceptors (Lipinski definition) is 11. The number of benzene rings is 2. The molecule has 0 atom stereocenters. The molecular weight excluding hydrogens is 440 g/mol. The van der Waals surface area contributed by atoms with Gasteiger partial charge < -0.3 is 24.8 Å². The third-order valence-corrected chi connectivity index (χ3v) is 4.36. The van der Waals surface area contributed by atoms with Crippen molar-refractivity contribution in [2.24, 2.45) is 10.9 Å². The average Bonchev–Trinajstić information content (AvgIpc) is 2.81. The van der Waals surface area contributed by atoms with Gasteiger partial charge in [0.15, 0.2) is 28.8 Å². The van der Waals surface area contributed by atoms with E-state index in [1.165, 1.54) is 59.6 Å². The third-order valence-electron chi connectivity index (χ3n) is 4.36. The van der Waals surface area contributed by atoms with E-state index < -0.39 is 15.6 Å². The van der Waals surface area contributed by atoms with Crippen LogP contribution in [-0.4, -0.2) is 49.8 Å². The molecule has 178 valence electrons. The maximum absolute atomic E-state index is 11.2. The van der Waals surface area contributed by atoms with Crippen molar-refractivity contribution in [3.63, 3.8) is 0 Å². The smallest absolute Gasteiger partial charge is 0.284 e. The number of nitro benzene ring substituents is 2. The van der Waals surface area contributed by atoms with Gasteiger partial charge in [-0.1, -0.05) is 0 Å². The Balaban J connectivity index is 0.000000331. The highest BCUT2D eigenvalue weighted by Crippen LogP contribution is 2.35. The second-order valence-corrected chi connectivity index (χ2v) is 6.23. The summed E-state index contributed by atoms with van der Waals surface area (Å²) in [7, 11) is 5.62. The van der Waals surface area contributed by atoms with Gasteiger partial charge in [0.25, 0.3) is 11.4 Å². The molecule has 0 aliphatic carbocycles. The van der Waals surface area contributed by atoms with Gasteiger partial charge in [-0.05, 0) is 19.9 Å². The minimum absolute atomic E-state index is 0.00245. The van der Waals surface area contributed by atoms with E-state index >= 15 is 0 Å². The normalized spacial score (nSPS) is 10.4.